The van der Waals surface area contributed by atoms with Crippen LogP contribution in [0.15, 0.2) is 42.5 Å². The van der Waals surface area contributed by atoms with Gasteiger partial charge in [0.05, 0.1) is 12.8 Å². The van der Waals surface area contributed by atoms with Crippen molar-refractivity contribution in [2.45, 2.75) is 6.54 Å². The molecule has 96 valence electrons. The summed E-state index contributed by atoms with van der Waals surface area (Å²) in [4.78, 5) is 0. The largest absolute Gasteiger partial charge is 0.496 e. The molecule has 2 rings (SSSR count). The van der Waals surface area contributed by atoms with E-state index < -0.39 is 5.82 Å². The molecule has 4 heteroatoms. The number of nitrogens with zero attached hydrogens (tertiary/aromatic N) is 1. The van der Waals surface area contributed by atoms with Gasteiger partial charge in [0.25, 0.3) is 0 Å². The van der Waals surface area contributed by atoms with Crippen molar-refractivity contribution in [1.82, 2.24) is 0 Å². The van der Waals surface area contributed by atoms with Gasteiger partial charge in [0.1, 0.15) is 23.2 Å². The second kappa shape index (κ2) is 5.87. The van der Waals surface area contributed by atoms with Crippen LogP contribution >= 0.6 is 0 Å². The standard InChI is InChI=1S/C15H13FN2O/c1-19-15-8-3-2-5-11(15)10-18-14-7-4-6-13(16)12(14)9-17/h2-8,18H,10H2,1H3. The fourth-order valence-corrected chi connectivity index (χ4v) is 1.82. The average Bonchev–Trinajstić information content (AvgIpc) is 2.45. The van der Waals surface area contributed by atoms with Gasteiger partial charge in [-0.15, -0.1) is 0 Å². The summed E-state index contributed by atoms with van der Waals surface area (Å²) in [7, 11) is 1.60. The maximum absolute atomic E-state index is 13.4. The molecular formula is C15H13FN2O. The van der Waals surface area contributed by atoms with Crippen molar-refractivity contribution in [2.75, 3.05) is 12.4 Å². The molecule has 0 saturated heterocycles. The number of halogens is 1. The summed E-state index contributed by atoms with van der Waals surface area (Å²) < 4.78 is 18.7. The molecule has 0 aromatic heterocycles. The second-order valence-electron chi connectivity index (χ2n) is 3.94. The summed E-state index contributed by atoms with van der Waals surface area (Å²) in [5.41, 5.74) is 1.45. The van der Waals surface area contributed by atoms with Crippen LogP contribution in [-0.2, 0) is 6.54 Å². The van der Waals surface area contributed by atoms with E-state index in [0.717, 1.165) is 11.3 Å². The SMILES string of the molecule is COc1ccccc1CNc1cccc(F)c1C#N. The molecule has 2 aromatic rings. The summed E-state index contributed by atoms with van der Waals surface area (Å²) in [6.07, 6.45) is 0. The van der Waals surface area contributed by atoms with Crippen molar-refractivity contribution in [3.63, 3.8) is 0 Å². The molecule has 0 fully saturated rings. The average molecular weight is 256 g/mol. The summed E-state index contributed by atoms with van der Waals surface area (Å²) in [5, 5.41) is 12.0. The Morgan fingerprint density at radius 1 is 1.21 bits per heavy atom. The first kappa shape index (κ1) is 12.9. The van der Waals surface area contributed by atoms with Gasteiger partial charge in [0, 0.05) is 12.1 Å². The Balaban J connectivity index is 2.20. The number of hydrogen-bond acceptors (Lipinski definition) is 3. The minimum absolute atomic E-state index is 0.0254. The van der Waals surface area contributed by atoms with E-state index in [0.29, 0.717) is 12.2 Å². The van der Waals surface area contributed by atoms with E-state index in [1.54, 1.807) is 19.2 Å². The number of ether oxygens (including phenoxy) is 1. The van der Waals surface area contributed by atoms with Crippen LogP contribution in [0.25, 0.3) is 0 Å². The van der Waals surface area contributed by atoms with E-state index >= 15 is 0 Å². The first-order valence-electron chi connectivity index (χ1n) is 5.80. The van der Waals surface area contributed by atoms with Gasteiger partial charge in [-0.3, -0.25) is 0 Å². The molecule has 3 nitrogen and oxygen atoms in total. The van der Waals surface area contributed by atoms with Gasteiger partial charge in [-0.05, 0) is 18.2 Å². The predicted octanol–water partition coefficient (Wildman–Crippen LogP) is 3.32. The molecule has 0 bridgehead atoms. The molecule has 0 aliphatic heterocycles. The summed E-state index contributed by atoms with van der Waals surface area (Å²) in [6.45, 7) is 0.460. The Labute approximate surface area is 111 Å². The molecule has 0 aliphatic rings. The van der Waals surface area contributed by atoms with Crippen LogP contribution in [0.2, 0.25) is 0 Å². The Morgan fingerprint density at radius 2 is 2.00 bits per heavy atom. The van der Waals surface area contributed by atoms with Crippen LogP contribution in [-0.4, -0.2) is 7.11 Å². The Kier molecular flexibility index (Phi) is 3.99. The number of nitrogens with one attached hydrogen (secondary N) is 1. The molecular weight excluding hydrogens is 243 g/mol. The van der Waals surface area contributed by atoms with Crippen LogP contribution in [0.5, 0.6) is 5.75 Å². The van der Waals surface area contributed by atoms with Gasteiger partial charge in [-0.25, -0.2) is 4.39 Å². The van der Waals surface area contributed by atoms with Crippen LogP contribution < -0.4 is 10.1 Å². The van der Waals surface area contributed by atoms with Gasteiger partial charge in [-0.1, -0.05) is 24.3 Å². The molecule has 0 heterocycles. The molecule has 2 aromatic carbocycles. The second-order valence-corrected chi connectivity index (χ2v) is 3.94. The molecule has 0 radical (unpaired) electrons. The third-order valence-corrected chi connectivity index (χ3v) is 2.79. The molecule has 0 atom stereocenters. The van der Waals surface area contributed by atoms with Crippen LogP contribution in [0.4, 0.5) is 10.1 Å². The number of rotatable bonds is 4. The van der Waals surface area contributed by atoms with Crippen LogP contribution in [0.3, 0.4) is 0 Å². The van der Waals surface area contributed by atoms with Crippen molar-refractivity contribution >= 4 is 5.69 Å². The van der Waals surface area contributed by atoms with E-state index in [-0.39, 0.29) is 5.56 Å². The first-order valence-corrected chi connectivity index (χ1v) is 5.80. The van der Waals surface area contributed by atoms with Gasteiger partial charge < -0.3 is 10.1 Å². The lowest BCUT2D eigenvalue weighted by atomic mass is 10.1. The fourth-order valence-electron chi connectivity index (χ4n) is 1.82. The Bertz CT molecular complexity index is 620. The third-order valence-electron chi connectivity index (χ3n) is 2.79. The van der Waals surface area contributed by atoms with E-state index in [1.165, 1.54) is 6.07 Å². The maximum atomic E-state index is 13.4. The smallest absolute Gasteiger partial charge is 0.143 e. The maximum Gasteiger partial charge on any atom is 0.143 e. The number of methoxy groups -OCH3 is 1. The highest BCUT2D eigenvalue weighted by atomic mass is 19.1. The predicted molar refractivity (Wildman–Crippen MR) is 71.4 cm³/mol. The van der Waals surface area contributed by atoms with E-state index in [1.807, 2.05) is 30.3 Å². The monoisotopic (exact) mass is 256 g/mol. The molecule has 1 N–H and O–H groups in total. The van der Waals surface area contributed by atoms with Crippen LogP contribution in [0, 0.1) is 17.1 Å². The van der Waals surface area contributed by atoms with Gasteiger partial charge >= 0.3 is 0 Å². The van der Waals surface area contributed by atoms with E-state index in [9.17, 15) is 4.39 Å². The van der Waals surface area contributed by atoms with Gasteiger partial charge in [0.2, 0.25) is 0 Å². The first-order chi connectivity index (χ1) is 9.26. The molecule has 0 unspecified atom stereocenters. The quantitative estimate of drug-likeness (QED) is 0.912. The molecule has 0 saturated carbocycles. The number of hydrogen-bond donors (Lipinski definition) is 1. The minimum Gasteiger partial charge on any atom is -0.496 e. The number of para-hydroxylation sites is 1. The highest BCUT2D eigenvalue weighted by Crippen LogP contribution is 2.22. The highest BCUT2D eigenvalue weighted by Gasteiger charge is 2.08. The van der Waals surface area contributed by atoms with Crippen molar-refractivity contribution < 1.29 is 9.13 Å². The molecule has 0 aliphatic carbocycles. The lowest BCUT2D eigenvalue weighted by Crippen LogP contribution is -2.04. The molecule has 0 spiro atoms. The van der Waals surface area contributed by atoms with Crippen molar-refractivity contribution in [2.24, 2.45) is 0 Å². The van der Waals surface area contributed by atoms with Crippen LogP contribution in [0.1, 0.15) is 11.1 Å². The zero-order valence-electron chi connectivity index (χ0n) is 10.5. The zero-order valence-corrected chi connectivity index (χ0v) is 10.5. The summed E-state index contributed by atoms with van der Waals surface area (Å²) >= 11 is 0. The Hall–Kier alpha value is -2.54. The lowest BCUT2D eigenvalue weighted by Gasteiger charge is -2.11. The molecule has 19 heavy (non-hydrogen) atoms. The van der Waals surface area contributed by atoms with Gasteiger partial charge in [-0.2, -0.15) is 5.26 Å². The van der Waals surface area contributed by atoms with Crippen molar-refractivity contribution in [3.05, 3.63) is 59.4 Å². The van der Waals surface area contributed by atoms with E-state index in [2.05, 4.69) is 5.32 Å². The van der Waals surface area contributed by atoms with Gasteiger partial charge in [0.15, 0.2) is 0 Å². The zero-order chi connectivity index (χ0) is 13.7. The van der Waals surface area contributed by atoms with Crippen molar-refractivity contribution in [1.29, 1.82) is 5.26 Å². The number of benzene rings is 2. The third kappa shape index (κ3) is 2.83. The molecule has 0 amide bonds. The Morgan fingerprint density at radius 3 is 2.74 bits per heavy atom. The normalized spacial score (nSPS) is 9.74. The van der Waals surface area contributed by atoms with E-state index in [4.69, 9.17) is 10.00 Å². The minimum atomic E-state index is -0.521. The number of anilines is 1. The lowest BCUT2D eigenvalue weighted by molar-refractivity contribution is 0.410. The highest BCUT2D eigenvalue weighted by molar-refractivity contribution is 5.58. The van der Waals surface area contributed by atoms with Crippen molar-refractivity contribution in [3.8, 4) is 11.8 Å². The topological polar surface area (TPSA) is 45.0 Å². The fraction of sp³-hybridized carbons (Fsp3) is 0.133. The number of nitriles is 1. The summed E-state index contributed by atoms with van der Waals surface area (Å²) in [5.74, 6) is 0.234. The summed E-state index contributed by atoms with van der Waals surface area (Å²) in [6, 6.07) is 13.9.